The molecule has 0 bridgehead atoms. The highest BCUT2D eigenvalue weighted by molar-refractivity contribution is 5.72. The lowest BCUT2D eigenvalue weighted by Crippen LogP contribution is -2.22. The summed E-state index contributed by atoms with van der Waals surface area (Å²) in [7, 11) is 0. The number of hydrogen-bond donors (Lipinski definition) is 0. The maximum Gasteiger partial charge on any atom is 0.192 e. The SMILES string of the molecule is O=CC#CCCCCCCCCOC1CCCCO1. The number of carbonyl (C=O) groups excluding carboxylic acids is 1. The standard InChI is InChI=1S/C16H26O3/c17-13-9-6-4-2-1-3-5-7-10-14-18-16-12-8-11-15-19-16/h13,16H,1-5,7-8,10-12,14-15H2. The van der Waals surface area contributed by atoms with Crippen LogP contribution in [-0.2, 0) is 14.3 Å². The normalized spacial score (nSPS) is 18.6. The first-order valence-electron chi connectivity index (χ1n) is 7.58. The Morgan fingerprint density at radius 1 is 1.11 bits per heavy atom. The van der Waals surface area contributed by atoms with E-state index in [0.29, 0.717) is 6.29 Å². The van der Waals surface area contributed by atoms with Crippen molar-refractivity contribution >= 4 is 6.29 Å². The van der Waals surface area contributed by atoms with E-state index in [1.807, 2.05) is 0 Å². The number of aldehydes is 1. The summed E-state index contributed by atoms with van der Waals surface area (Å²) in [5, 5.41) is 0. The molecule has 0 amide bonds. The predicted octanol–water partition coefficient (Wildman–Crippen LogP) is 3.46. The molecule has 0 aromatic heterocycles. The fourth-order valence-electron chi connectivity index (χ4n) is 2.19. The van der Waals surface area contributed by atoms with Crippen LogP contribution in [0.3, 0.4) is 0 Å². The van der Waals surface area contributed by atoms with E-state index in [9.17, 15) is 4.79 Å². The van der Waals surface area contributed by atoms with Crippen molar-refractivity contribution in [3.8, 4) is 11.8 Å². The fourth-order valence-corrected chi connectivity index (χ4v) is 2.19. The van der Waals surface area contributed by atoms with E-state index in [-0.39, 0.29) is 6.29 Å². The van der Waals surface area contributed by atoms with Crippen LogP contribution in [0.5, 0.6) is 0 Å². The van der Waals surface area contributed by atoms with Gasteiger partial charge in [0.25, 0.3) is 0 Å². The number of ether oxygens (including phenoxy) is 2. The van der Waals surface area contributed by atoms with Crippen LogP contribution >= 0.6 is 0 Å². The van der Waals surface area contributed by atoms with Crippen molar-refractivity contribution in [2.24, 2.45) is 0 Å². The van der Waals surface area contributed by atoms with E-state index in [1.54, 1.807) is 0 Å². The molecule has 0 spiro atoms. The average Bonchev–Trinajstić information content (AvgIpc) is 2.46. The molecule has 1 rings (SSSR count). The third-order valence-corrected chi connectivity index (χ3v) is 3.30. The Balaban J connectivity index is 1.77. The van der Waals surface area contributed by atoms with Gasteiger partial charge in [-0.1, -0.05) is 31.6 Å². The van der Waals surface area contributed by atoms with Crippen molar-refractivity contribution in [1.82, 2.24) is 0 Å². The van der Waals surface area contributed by atoms with Gasteiger partial charge in [-0.05, 0) is 38.0 Å². The zero-order valence-electron chi connectivity index (χ0n) is 11.9. The second kappa shape index (κ2) is 12.2. The van der Waals surface area contributed by atoms with Crippen molar-refractivity contribution < 1.29 is 14.3 Å². The summed E-state index contributed by atoms with van der Waals surface area (Å²) in [5.41, 5.74) is 0. The van der Waals surface area contributed by atoms with Crippen LogP contribution in [-0.4, -0.2) is 25.8 Å². The number of rotatable bonds is 9. The highest BCUT2D eigenvalue weighted by Gasteiger charge is 2.13. The molecule has 1 atom stereocenters. The molecule has 19 heavy (non-hydrogen) atoms. The van der Waals surface area contributed by atoms with Gasteiger partial charge in [0.05, 0.1) is 0 Å². The van der Waals surface area contributed by atoms with Crippen LogP contribution in [0, 0.1) is 11.8 Å². The lowest BCUT2D eigenvalue weighted by molar-refractivity contribution is -0.162. The summed E-state index contributed by atoms with van der Waals surface area (Å²) in [5.74, 6) is 5.27. The fraction of sp³-hybridized carbons (Fsp3) is 0.812. The molecule has 1 saturated heterocycles. The second-order valence-electron chi connectivity index (χ2n) is 4.98. The van der Waals surface area contributed by atoms with Gasteiger partial charge in [0.2, 0.25) is 0 Å². The molecule has 0 aromatic carbocycles. The van der Waals surface area contributed by atoms with Gasteiger partial charge in [0.15, 0.2) is 12.6 Å². The van der Waals surface area contributed by atoms with Crippen LogP contribution in [0.4, 0.5) is 0 Å². The Bertz CT molecular complexity index is 271. The molecule has 1 fully saturated rings. The maximum absolute atomic E-state index is 9.96. The van der Waals surface area contributed by atoms with Gasteiger partial charge in [-0.3, -0.25) is 4.79 Å². The second-order valence-corrected chi connectivity index (χ2v) is 4.98. The molecule has 0 radical (unpaired) electrons. The molecule has 0 aromatic rings. The minimum Gasteiger partial charge on any atom is -0.353 e. The minimum atomic E-state index is 0.0603. The van der Waals surface area contributed by atoms with Crippen LogP contribution in [0.2, 0.25) is 0 Å². The van der Waals surface area contributed by atoms with Crippen LogP contribution in [0.1, 0.15) is 64.2 Å². The Labute approximate surface area is 117 Å². The Kier molecular flexibility index (Phi) is 10.4. The maximum atomic E-state index is 9.96. The molecule has 1 aliphatic heterocycles. The van der Waals surface area contributed by atoms with E-state index in [4.69, 9.17) is 9.47 Å². The quantitative estimate of drug-likeness (QED) is 0.364. The van der Waals surface area contributed by atoms with Gasteiger partial charge in [0, 0.05) is 19.6 Å². The Morgan fingerprint density at radius 2 is 1.89 bits per heavy atom. The van der Waals surface area contributed by atoms with E-state index < -0.39 is 0 Å². The van der Waals surface area contributed by atoms with Gasteiger partial charge in [-0.2, -0.15) is 0 Å². The first-order valence-corrected chi connectivity index (χ1v) is 7.58. The third kappa shape index (κ3) is 9.69. The monoisotopic (exact) mass is 266 g/mol. The van der Waals surface area contributed by atoms with Crippen LogP contribution < -0.4 is 0 Å². The topological polar surface area (TPSA) is 35.5 Å². The van der Waals surface area contributed by atoms with Gasteiger partial charge in [-0.15, -0.1) is 0 Å². The minimum absolute atomic E-state index is 0.0603. The van der Waals surface area contributed by atoms with Gasteiger partial charge in [-0.25, -0.2) is 0 Å². The summed E-state index contributed by atoms with van der Waals surface area (Å²) in [4.78, 5) is 9.96. The number of hydrogen-bond acceptors (Lipinski definition) is 3. The molecule has 3 heteroatoms. The third-order valence-electron chi connectivity index (χ3n) is 3.30. The van der Waals surface area contributed by atoms with Crippen molar-refractivity contribution in [3.63, 3.8) is 0 Å². The molecular weight excluding hydrogens is 240 g/mol. The molecule has 0 aliphatic carbocycles. The first-order chi connectivity index (χ1) is 9.43. The van der Waals surface area contributed by atoms with Crippen molar-refractivity contribution in [2.75, 3.05) is 13.2 Å². The number of carbonyl (C=O) groups is 1. The van der Waals surface area contributed by atoms with Crippen molar-refractivity contribution in [3.05, 3.63) is 0 Å². The molecule has 3 nitrogen and oxygen atoms in total. The van der Waals surface area contributed by atoms with Crippen LogP contribution in [0.25, 0.3) is 0 Å². The van der Waals surface area contributed by atoms with Crippen LogP contribution in [0.15, 0.2) is 0 Å². The average molecular weight is 266 g/mol. The summed E-state index contributed by atoms with van der Waals surface area (Å²) in [6.45, 7) is 1.69. The zero-order valence-corrected chi connectivity index (χ0v) is 11.9. The Hall–Kier alpha value is -0.850. The Morgan fingerprint density at radius 3 is 2.63 bits per heavy atom. The van der Waals surface area contributed by atoms with Gasteiger partial charge >= 0.3 is 0 Å². The zero-order chi connectivity index (χ0) is 13.6. The smallest absolute Gasteiger partial charge is 0.192 e. The largest absolute Gasteiger partial charge is 0.353 e. The van der Waals surface area contributed by atoms with Gasteiger partial charge in [0.1, 0.15) is 0 Å². The summed E-state index contributed by atoms with van der Waals surface area (Å²) in [6, 6.07) is 0. The van der Waals surface area contributed by atoms with Crippen molar-refractivity contribution in [1.29, 1.82) is 0 Å². The lowest BCUT2D eigenvalue weighted by atomic mass is 10.1. The molecule has 108 valence electrons. The molecule has 0 saturated carbocycles. The van der Waals surface area contributed by atoms with E-state index in [2.05, 4.69) is 11.8 Å². The molecular formula is C16H26O3. The van der Waals surface area contributed by atoms with E-state index >= 15 is 0 Å². The lowest BCUT2D eigenvalue weighted by Gasteiger charge is -2.22. The number of unbranched alkanes of at least 4 members (excludes halogenated alkanes) is 6. The van der Waals surface area contributed by atoms with E-state index in [0.717, 1.165) is 38.9 Å². The highest BCUT2D eigenvalue weighted by Crippen LogP contribution is 2.14. The summed E-state index contributed by atoms with van der Waals surface area (Å²) < 4.78 is 11.2. The summed E-state index contributed by atoms with van der Waals surface area (Å²) in [6.07, 6.45) is 12.2. The van der Waals surface area contributed by atoms with Gasteiger partial charge < -0.3 is 9.47 Å². The highest BCUT2D eigenvalue weighted by atomic mass is 16.7. The summed E-state index contributed by atoms with van der Waals surface area (Å²) >= 11 is 0. The predicted molar refractivity (Wildman–Crippen MR) is 75.7 cm³/mol. The molecule has 0 N–H and O–H groups in total. The first kappa shape index (κ1) is 16.2. The molecule has 1 heterocycles. The van der Waals surface area contributed by atoms with Crippen molar-refractivity contribution in [2.45, 2.75) is 70.5 Å². The van der Waals surface area contributed by atoms with E-state index in [1.165, 1.54) is 38.5 Å². The molecule has 1 unspecified atom stereocenters. The molecule has 1 aliphatic rings.